The lowest BCUT2D eigenvalue weighted by Crippen LogP contribution is -2.27. The van der Waals surface area contributed by atoms with Crippen LogP contribution in [0.4, 0.5) is 17.5 Å². The maximum absolute atomic E-state index is 5.95. The second-order valence-corrected chi connectivity index (χ2v) is 6.50. The zero-order valence-electron chi connectivity index (χ0n) is 16.7. The fourth-order valence-corrected chi connectivity index (χ4v) is 2.90. The molecule has 0 radical (unpaired) electrons. The molecule has 1 aromatic heterocycles. The maximum Gasteiger partial charge on any atom is 0.222 e. The van der Waals surface area contributed by atoms with Crippen LogP contribution in [0.25, 0.3) is 0 Å². The normalized spacial score (nSPS) is 10.6. The predicted molar refractivity (Wildman–Crippen MR) is 113 cm³/mol. The molecule has 0 atom stereocenters. The Hall–Kier alpha value is -3.34. The number of benzene rings is 1. The van der Waals surface area contributed by atoms with Crippen molar-refractivity contribution >= 4 is 17.5 Å². The van der Waals surface area contributed by atoms with Crippen LogP contribution in [-0.4, -0.2) is 42.2 Å². The Morgan fingerprint density at radius 2 is 1.93 bits per heavy atom. The Morgan fingerprint density at radius 3 is 2.69 bits per heavy atom. The lowest BCUT2D eigenvalue weighted by Gasteiger charge is -2.22. The van der Waals surface area contributed by atoms with Gasteiger partial charge in [-0.3, -0.25) is 4.90 Å². The standard InChI is InChI=1S/C22H25N5O2/c1-28-12-11-27(15-17-7-4-3-5-8-17)16-19-14-21(26-22(23)25-19)24-18-9-6-10-20(13-18)29-2/h3-5,7-9,13-14H,11-12,15-16H2,1-2H3,(H3,23,24,25,26). The minimum atomic E-state index is 0.217. The van der Waals surface area contributed by atoms with E-state index < -0.39 is 0 Å². The number of hydrogen-bond donors (Lipinski definition) is 2. The van der Waals surface area contributed by atoms with Gasteiger partial charge in [0, 0.05) is 44.9 Å². The number of nitrogens with one attached hydrogen (secondary N) is 1. The van der Waals surface area contributed by atoms with Crippen LogP contribution in [0, 0.1) is 12.1 Å². The summed E-state index contributed by atoms with van der Waals surface area (Å²) < 4.78 is 10.5. The third kappa shape index (κ3) is 6.35. The van der Waals surface area contributed by atoms with Crippen molar-refractivity contribution in [1.82, 2.24) is 14.9 Å². The lowest BCUT2D eigenvalue weighted by molar-refractivity contribution is 0.139. The molecule has 1 heterocycles. The van der Waals surface area contributed by atoms with E-state index in [4.69, 9.17) is 15.2 Å². The Labute approximate surface area is 171 Å². The second-order valence-electron chi connectivity index (χ2n) is 6.50. The van der Waals surface area contributed by atoms with Crippen molar-refractivity contribution in [3.63, 3.8) is 0 Å². The first-order valence-corrected chi connectivity index (χ1v) is 9.29. The first-order valence-electron chi connectivity index (χ1n) is 9.29. The van der Waals surface area contributed by atoms with Crippen LogP contribution < -0.4 is 15.8 Å². The zero-order valence-corrected chi connectivity index (χ0v) is 16.7. The van der Waals surface area contributed by atoms with Crippen LogP contribution in [-0.2, 0) is 17.8 Å². The summed E-state index contributed by atoms with van der Waals surface area (Å²) in [4.78, 5) is 11.0. The lowest BCUT2D eigenvalue weighted by atomic mass is 10.2. The first-order chi connectivity index (χ1) is 14.2. The topological polar surface area (TPSA) is 85.5 Å². The highest BCUT2D eigenvalue weighted by molar-refractivity contribution is 5.58. The molecule has 0 aliphatic rings. The van der Waals surface area contributed by atoms with Gasteiger partial charge in [0.2, 0.25) is 5.95 Å². The molecule has 0 amide bonds. The zero-order chi connectivity index (χ0) is 20.5. The molecule has 0 saturated carbocycles. The van der Waals surface area contributed by atoms with Gasteiger partial charge in [0.15, 0.2) is 5.75 Å². The molecule has 29 heavy (non-hydrogen) atoms. The van der Waals surface area contributed by atoms with E-state index in [1.807, 2.05) is 30.3 Å². The van der Waals surface area contributed by atoms with Gasteiger partial charge in [-0.15, -0.1) is 0 Å². The molecule has 2 aromatic carbocycles. The van der Waals surface area contributed by atoms with Gasteiger partial charge in [0.1, 0.15) is 5.82 Å². The number of hydrogen-bond acceptors (Lipinski definition) is 7. The number of methoxy groups -OCH3 is 2. The number of anilines is 3. The van der Waals surface area contributed by atoms with E-state index in [0.29, 0.717) is 24.7 Å². The number of rotatable bonds is 10. The highest BCUT2D eigenvalue weighted by Gasteiger charge is 2.11. The van der Waals surface area contributed by atoms with Crippen molar-refractivity contribution in [3.05, 3.63) is 71.9 Å². The van der Waals surface area contributed by atoms with E-state index >= 15 is 0 Å². The maximum atomic E-state index is 5.95. The van der Waals surface area contributed by atoms with E-state index in [1.54, 1.807) is 20.3 Å². The molecule has 3 N–H and O–H groups in total. The van der Waals surface area contributed by atoms with Gasteiger partial charge < -0.3 is 20.5 Å². The van der Waals surface area contributed by atoms with Gasteiger partial charge in [-0.05, 0) is 11.6 Å². The average molecular weight is 391 g/mol. The minimum Gasteiger partial charge on any atom is -0.489 e. The summed E-state index contributed by atoms with van der Waals surface area (Å²) in [5.74, 6) is 1.42. The molecule has 150 valence electrons. The number of nitrogen functional groups attached to an aromatic ring is 1. The molecule has 0 aliphatic carbocycles. The number of nitrogens with zero attached hydrogens (tertiary/aromatic N) is 3. The fourth-order valence-electron chi connectivity index (χ4n) is 2.90. The highest BCUT2D eigenvalue weighted by Crippen LogP contribution is 2.19. The molecule has 0 spiro atoms. The van der Waals surface area contributed by atoms with Crippen LogP contribution in [0.15, 0.2) is 48.5 Å². The van der Waals surface area contributed by atoms with Gasteiger partial charge in [0.05, 0.1) is 25.1 Å². The van der Waals surface area contributed by atoms with Crippen LogP contribution in [0.1, 0.15) is 11.3 Å². The van der Waals surface area contributed by atoms with E-state index in [2.05, 4.69) is 44.5 Å². The molecular formula is C22H25N5O2. The van der Waals surface area contributed by atoms with Crippen molar-refractivity contribution in [2.24, 2.45) is 0 Å². The molecular weight excluding hydrogens is 366 g/mol. The first kappa shape index (κ1) is 20.4. The third-order valence-electron chi connectivity index (χ3n) is 4.24. The van der Waals surface area contributed by atoms with Crippen LogP contribution in [0.5, 0.6) is 5.75 Å². The molecule has 0 bridgehead atoms. The molecule has 7 nitrogen and oxygen atoms in total. The Morgan fingerprint density at radius 1 is 1.10 bits per heavy atom. The van der Waals surface area contributed by atoms with Crippen molar-refractivity contribution in [1.29, 1.82) is 0 Å². The predicted octanol–water partition coefficient (Wildman–Crippen LogP) is 3.06. The van der Waals surface area contributed by atoms with Crippen LogP contribution >= 0.6 is 0 Å². The van der Waals surface area contributed by atoms with Gasteiger partial charge in [-0.1, -0.05) is 36.4 Å². The summed E-state index contributed by atoms with van der Waals surface area (Å²) in [6, 6.07) is 21.6. The summed E-state index contributed by atoms with van der Waals surface area (Å²) >= 11 is 0. The molecule has 0 aliphatic heterocycles. The number of nitrogens with two attached hydrogens (primary N) is 1. The van der Waals surface area contributed by atoms with Gasteiger partial charge >= 0.3 is 0 Å². The van der Waals surface area contributed by atoms with E-state index in [9.17, 15) is 0 Å². The van der Waals surface area contributed by atoms with E-state index in [0.717, 1.165) is 24.5 Å². The number of ether oxygens (including phenoxy) is 2. The van der Waals surface area contributed by atoms with Gasteiger partial charge in [0.25, 0.3) is 0 Å². The molecule has 0 unspecified atom stereocenters. The van der Waals surface area contributed by atoms with Crippen molar-refractivity contribution < 1.29 is 9.47 Å². The molecule has 0 fully saturated rings. The Bertz CT molecular complexity index is 905. The van der Waals surface area contributed by atoms with Crippen molar-refractivity contribution in [3.8, 4) is 5.75 Å². The average Bonchev–Trinajstić information content (AvgIpc) is 2.72. The van der Waals surface area contributed by atoms with E-state index in [1.165, 1.54) is 5.56 Å². The fraction of sp³-hybridized carbons (Fsp3) is 0.273. The summed E-state index contributed by atoms with van der Waals surface area (Å²) in [6.07, 6.45) is 0. The van der Waals surface area contributed by atoms with Crippen LogP contribution in [0.3, 0.4) is 0 Å². The quantitative estimate of drug-likeness (QED) is 0.549. The Balaban J connectivity index is 1.75. The molecule has 7 heteroatoms. The second kappa shape index (κ2) is 10.3. The summed E-state index contributed by atoms with van der Waals surface area (Å²) in [6.45, 7) is 2.82. The smallest absolute Gasteiger partial charge is 0.222 e. The summed E-state index contributed by atoms with van der Waals surface area (Å²) in [5, 5.41) is 3.22. The largest absolute Gasteiger partial charge is 0.489 e. The molecule has 3 rings (SSSR count). The molecule has 3 aromatic rings. The van der Waals surface area contributed by atoms with E-state index in [-0.39, 0.29) is 5.95 Å². The minimum absolute atomic E-state index is 0.217. The van der Waals surface area contributed by atoms with Crippen molar-refractivity contribution in [2.75, 3.05) is 38.4 Å². The monoisotopic (exact) mass is 391 g/mol. The van der Waals surface area contributed by atoms with Gasteiger partial charge in [-0.25, -0.2) is 4.98 Å². The van der Waals surface area contributed by atoms with Crippen molar-refractivity contribution in [2.45, 2.75) is 13.1 Å². The summed E-state index contributed by atoms with van der Waals surface area (Å²) in [7, 11) is 3.29. The highest BCUT2D eigenvalue weighted by atomic mass is 16.5. The van der Waals surface area contributed by atoms with Gasteiger partial charge in [-0.2, -0.15) is 4.98 Å². The summed E-state index contributed by atoms with van der Waals surface area (Å²) in [5.41, 5.74) is 8.79. The number of aromatic nitrogens is 2. The van der Waals surface area contributed by atoms with Crippen LogP contribution in [0.2, 0.25) is 0 Å². The third-order valence-corrected chi connectivity index (χ3v) is 4.24. The molecule has 0 saturated heterocycles. The SMILES string of the molecule is COCCN(Cc1ccccc1)Cc1cc(Nc2cc#cc(OC)c2)nc(N)n1. The Kier molecular flexibility index (Phi) is 7.22.